The molecule has 2 aromatic heterocycles. The van der Waals surface area contributed by atoms with Gasteiger partial charge in [0.25, 0.3) is 0 Å². The summed E-state index contributed by atoms with van der Waals surface area (Å²) in [5.41, 5.74) is 1.64. The third-order valence-electron chi connectivity index (χ3n) is 4.45. The molecule has 5 nitrogen and oxygen atoms in total. The van der Waals surface area contributed by atoms with Gasteiger partial charge in [0.2, 0.25) is 0 Å². The molecular formula is C16H21N3O2. The standard InChI is InChI=1S/C16H21N3O2/c1-10(2)8-16(5-3-4-6-16)15-18-12-7-11(14(20)21)9-17-13(12)19-15/h7,9-10H,3-6,8H2,1-2H3,(H,20,21)(H,17,18,19). The maximum Gasteiger partial charge on any atom is 0.337 e. The molecule has 3 rings (SSSR count). The first kappa shape index (κ1) is 14.0. The van der Waals surface area contributed by atoms with E-state index in [1.54, 1.807) is 6.07 Å². The third-order valence-corrected chi connectivity index (χ3v) is 4.45. The Labute approximate surface area is 123 Å². The molecule has 0 unspecified atom stereocenters. The molecule has 0 atom stereocenters. The molecule has 2 N–H and O–H groups in total. The minimum absolute atomic E-state index is 0.109. The molecular weight excluding hydrogens is 266 g/mol. The van der Waals surface area contributed by atoms with Crippen LogP contribution in [-0.4, -0.2) is 26.0 Å². The number of imidazole rings is 1. The van der Waals surface area contributed by atoms with Gasteiger partial charge in [-0.25, -0.2) is 14.8 Å². The van der Waals surface area contributed by atoms with Crippen LogP contribution in [-0.2, 0) is 5.41 Å². The largest absolute Gasteiger partial charge is 0.478 e. The van der Waals surface area contributed by atoms with Crippen molar-refractivity contribution in [3.8, 4) is 0 Å². The average molecular weight is 287 g/mol. The van der Waals surface area contributed by atoms with Crippen LogP contribution in [0, 0.1) is 5.92 Å². The van der Waals surface area contributed by atoms with Crippen LogP contribution in [0.1, 0.15) is 62.1 Å². The molecule has 2 aromatic rings. The Morgan fingerprint density at radius 2 is 2.14 bits per heavy atom. The van der Waals surface area contributed by atoms with Gasteiger partial charge in [-0.3, -0.25) is 0 Å². The van der Waals surface area contributed by atoms with Crippen molar-refractivity contribution in [3.05, 3.63) is 23.7 Å². The number of aromatic carboxylic acids is 1. The van der Waals surface area contributed by atoms with Crippen LogP contribution in [0.2, 0.25) is 0 Å². The molecule has 1 aliphatic rings. The summed E-state index contributed by atoms with van der Waals surface area (Å²) in [4.78, 5) is 23.2. The van der Waals surface area contributed by atoms with Crippen molar-refractivity contribution >= 4 is 17.1 Å². The van der Waals surface area contributed by atoms with E-state index < -0.39 is 5.97 Å². The fourth-order valence-electron chi connectivity index (χ4n) is 3.64. The average Bonchev–Trinajstić information content (AvgIpc) is 3.03. The van der Waals surface area contributed by atoms with Gasteiger partial charge in [0.15, 0.2) is 5.65 Å². The lowest BCUT2D eigenvalue weighted by Gasteiger charge is -2.28. The topological polar surface area (TPSA) is 78.9 Å². The van der Waals surface area contributed by atoms with Crippen LogP contribution in [0.15, 0.2) is 12.3 Å². The second-order valence-corrected chi connectivity index (χ2v) is 6.57. The van der Waals surface area contributed by atoms with Crippen LogP contribution in [0.3, 0.4) is 0 Å². The van der Waals surface area contributed by atoms with Crippen LogP contribution in [0.5, 0.6) is 0 Å². The number of pyridine rings is 1. The zero-order valence-electron chi connectivity index (χ0n) is 12.5. The van der Waals surface area contributed by atoms with E-state index in [4.69, 9.17) is 5.11 Å². The summed E-state index contributed by atoms with van der Waals surface area (Å²) in [5.74, 6) is 0.635. The number of H-pyrrole nitrogens is 1. The monoisotopic (exact) mass is 287 g/mol. The molecule has 1 aliphatic carbocycles. The van der Waals surface area contributed by atoms with Gasteiger partial charge in [0.05, 0.1) is 11.1 Å². The molecule has 1 saturated carbocycles. The highest BCUT2D eigenvalue weighted by atomic mass is 16.4. The number of carboxylic acids is 1. The van der Waals surface area contributed by atoms with E-state index in [1.165, 1.54) is 19.0 Å². The fraction of sp³-hybridized carbons (Fsp3) is 0.562. The second-order valence-electron chi connectivity index (χ2n) is 6.57. The summed E-state index contributed by atoms with van der Waals surface area (Å²) >= 11 is 0. The summed E-state index contributed by atoms with van der Waals surface area (Å²) in [6.07, 6.45) is 7.25. The molecule has 0 bridgehead atoms. The lowest BCUT2D eigenvalue weighted by molar-refractivity contribution is 0.0696. The number of nitrogens with one attached hydrogen (secondary N) is 1. The van der Waals surface area contributed by atoms with Crippen molar-refractivity contribution in [2.24, 2.45) is 5.92 Å². The molecule has 0 spiro atoms. The number of rotatable bonds is 4. The van der Waals surface area contributed by atoms with Crippen molar-refractivity contribution in [2.75, 3.05) is 0 Å². The predicted octanol–water partition coefficient (Wildman–Crippen LogP) is 3.51. The molecule has 0 amide bonds. The fourth-order valence-corrected chi connectivity index (χ4v) is 3.64. The molecule has 21 heavy (non-hydrogen) atoms. The van der Waals surface area contributed by atoms with Crippen LogP contribution in [0.4, 0.5) is 0 Å². The van der Waals surface area contributed by atoms with Gasteiger partial charge in [-0.15, -0.1) is 0 Å². The van der Waals surface area contributed by atoms with Crippen LogP contribution < -0.4 is 0 Å². The first-order chi connectivity index (χ1) is 10.00. The number of aromatic amines is 1. The number of hydrogen-bond acceptors (Lipinski definition) is 3. The highest BCUT2D eigenvalue weighted by Gasteiger charge is 2.38. The zero-order chi connectivity index (χ0) is 15.0. The van der Waals surface area contributed by atoms with E-state index in [2.05, 4.69) is 28.8 Å². The van der Waals surface area contributed by atoms with Crippen molar-refractivity contribution in [1.29, 1.82) is 0 Å². The smallest absolute Gasteiger partial charge is 0.337 e. The van der Waals surface area contributed by atoms with Gasteiger partial charge >= 0.3 is 5.97 Å². The van der Waals surface area contributed by atoms with Gasteiger partial charge in [-0.2, -0.15) is 0 Å². The van der Waals surface area contributed by atoms with E-state index in [-0.39, 0.29) is 11.0 Å². The van der Waals surface area contributed by atoms with Gasteiger partial charge in [0.1, 0.15) is 5.82 Å². The van der Waals surface area contributed by atoms with Gasteiger partial charge in [0, 0.05) is 11.6 Å². The minimum Gasteiger partial charge on any atom is -0.478 e. The van der Waals surface area contributed by atoms with Crippen molar-refractivity contribution in [3.63, 3.8) is 0 Å². The summed E-state index contributed by atoms with van der Waals surface area (Å²) in [7, 11) is 0. The Morgan fingerprint density at radius 3 is 2.76 bits per heavy atom. The number of hydrogen-bond donors (Lipinski definition) is 2. The molecule has 0 aromatic carbocycles. The Balaban J connectivity index is 2.04. The molecule has 5 heteroatoms. The highest BCUT2D eigenvalue weighted by Crippen LogP contribution is 2.44. The molecule has 112 valence electrons. The summed E-state index contributed by atoms with van der Waals surface area (Å²) < 4.78 is 0. The predicted molar refractivity (Wildman–Crippen MR) is 80.4 cm³/mol. The minimum atomic E-state index is -0.960. The molecule has 0 radical (unpaired) electrons. The second kappa shape index (κ2) is 5.13. The third kappa shape index (κ3) is 2.52. The van der Waals surface area contributed by atoms with Crippen LogP contribution in [0.25, 0.3) is 11.2 Å². The van der Waals surface area contributed by atoms with E-state index in [1.807, 2.05) is 0 Å². The lowest BCUT2D eigenvalue weighted by Crippen LogP contribution is -2.25. The maximum atomic E-state index is 11.0. The number of nitrogens with zero attached hydrogens (tertiary/aromatic N) is 2. The molecule has 1 fully saturated rings. The van der Waals surface area contributed by atoms with Gasteiger partial charge in [-0.1, -0.05) is 26.7 Å². The van der Waals surface area contributed by atoms with E-state index in [0.717, 1.165) is 30.6 Å². The Kier molecular flexibility index (Phi) is 3.43. The molecule has 2 heterocycles. The van der Waals surface area contributed by atoms with Gasteiger partial charge < -0.3 is 10.1 Å². The Bertz CT molecular complexity index is 669. The lowest BCUT2D eigenvalue weighted by atomic mass is 9.78. The van der Waals surface area contributed by atoms with E-state index in [9.17, 15) is 4.79 Å². The van der Waals surface area contributed by atoms with Crippen molar-refractivity contribution < 1.29 is 9.90 Å². The zero-order valence-corrected chi connectivity index (χ0v) is 12.5. The highest BCUT2D eigenvalue weighted by molar-refractivity contribution is 5.90. The normalized spacial score (nSPS) is 17.7. The Morgan fingerprint density at radius 1 is 1.43 bits per heavy atom. The first-order valence-electron chi connectivity index (χ1n) is 7.60. The Hall–Kier alpha value is -1.91. The number of fused-ring (bicyclic) bond motifs is 1. The maximum absolute atomic E-state index is 11.0. The number of carboxylic acid groups (broad SMARTS) is 1. The number of aromatic nitrogens is 3. The van der Waals surface area contributed by atoms with Crippen LogP contribution >= 0.6 is 0 Å². The SMILES string of the molecule is CC(C)CC1(c2nc3ncc(C(=O)O)cc3[nH]2)CCCC1. The molecule has 0 aliphatic heterocycles. The quantitative estimate of drug-likeness (QED) is 0.901. The van der Waals surface area contributed by atoms with Crippen molar-refractivity contribution in [2.45, 2.75) is 51.4 Å². The summed E-state index contributed by atoms with van der Waals surface area (Å²) in [5, 5.41) is 9.06. The van der Waals surface area contributed by atoms with E-state index in [0.29, 0.717) is 11.6 Å². The van der Waals surface area contributed by atoms with Gasteiger partial charge in [-0.05, 0) is 31.2 Å². The summed E-state index contributed by atoms with van der Waals surface area (Å²) in [6.45, 7) is 4.48. The van der Waals surface area contributed by atoms with E-state index >= 15 is 0 Å². The number of carbonyl (C=O) groups is 1. The summed E-state index contributed by atoms with van der Waals surface area (Å²) in [6, 6.07) is 1.62. The molecule has 0 saturated heterocycles. The first-order valence-corrected chi connectivity index (χ1v) is 7.60. The van der Waals surface area contributed by atoms with Crippen molar-refractivity contribution in [1.82, 2.24) is 15.0 Å².